The van der Waals surface area contributed by atoms with Crippen molar-refractivity contribution in [3.05, 3.63) is 23.5 Å². The first-order valence-corrected chi connectivity index (χ1v) is 5.29. The van der Waals surface area contributed by atoms with Gasteiger partial charge in [0.15, 0.2) is 0 Å². The van der Waals surface area contributed by atoms with Crippen LogP contribution in [-0.4, -0.2) is 29.4 Å². The molecule has 102 valence electrons. The zero-order valence-electron chi connectivity index (χ0n) is 9.65. The maximum Gasteiger partial charge on any atom is 0.433 e. The highest BCUT2D eigenvalue weighted by Crippen LogP contribution is 2.35. The summed E-state index contributed by atoms with van der Waals surface area (Å²) < 4.78 is 46.8. The van der Waals surface area contributed by atoms with Crippen LogP contribution in [0.2, 0.25) is 0 Å². The van der Waals surface area contributed by atoms with E-state index in [4.69, 9.17) is 4.74 Å². The lowest BCUT2D eigenvalue weighted by Gasteiger charge is -2.08. The average molecular weight is 275 g/mol. The molecule has 0 N–H and O–H groups in total. The van der Waals surface area contributed by atoms with Crippen molar-refractivity contribution in [2.75, 3.05) is 6.61 Å². The van der Waals surface area contributed by atoms with Gasteiger partial charge < -0.3 is 9.47 Å². The van der Waals surface area contributed by atoms with Gasteiger partial charge in [0, 0.05) is 12.3 Å². The summed E-state index contributed by atoms with van der Waals surface area (Å²) in [5.41, 5.74) is -1.35. The number of nitrogens with zero attached hydrogens (tertiary/aromatic N) is 1. The van der Waals surface area contributed by atoms with Gasteiger partial charge in [0.25, 0.3) is 6.10 Å². The third-order valence-corrected chi connectivity index (χ3v) is 2.41. The van der Waals surface area contributed by atoms with E-state index in [1.165, 1.54) is 6.92 Å². The minimum Gasteiger partial charge on any atom is -0.469 e. The molecule has 1 aliphatic heterocycles. The van der Waals surface area contributed by atoms with Gasteiger partial charge in [-0.2, -0.15) is 13.2 Å². The number of pyridine rings is 1. The van der Waals surface area contributed by atoms with Gasteiger partial charge in [-0.15, -0.1) is 0 Å². The number of ether oxygens (including phenoxy) is 2. The van der Waals surface area contributed by atoms with Gasteiger partial charge in [-0.1, -0.05) is 0 Å². The monoisotopic (exact) mass is 275 g/mol. The van der Waals surface area contributed by atoms with Gasteiger partial charge >= 0.3 is 12.1 Å². The predicted octanol–water partition coefficient (Wildman–Crippen LogP) is 1.61. The number of aromatic nitrogens is 1. The number of hydrogen-bond acceptors (Lipinski definition) is 5. The fourth-order valence-corrected chi connectivity index (χ4v) is 1.57. The van der Waals surface area contributed by atoms with E-state index in [0.29, 0.717) is 6.07 Å². The molecule has 0 aliphatic carbocycles. The second kappa shape index (κ2) is 4.52. The number of hydrogen-bond donors (Lipinski definition) is 0. The fourth-order valence-electron chi connectivity index (χ4n) is 1.57. The number of halogens is 3. The summed E-state index contributed by atoms with van der Waals surface area (Å²) in [6, 6.07) is 0.590. The van der Waals surface area contributed by atoms with Crippen molar-refractivity contribution < 1.29 is 32.2 Å². The maximum atomic E-state index is 12.4. The van der Waals surface area contributed by atoms with Crippen LogP contribution in [0.25, 0.3) is 0 Å². The van der Waals surface area contributed by atoms with Crippen molar-refractivity contribution in [1.82, 2.24) is 4.98 Å². The molecule has 0 radical (unpaired) electrons. The van der Waals surface area contributed by atoms with Crippen molar-refractivity contribution in [3.63, 3.8) is 0 Å². The molecule has 0 saturated heterocycles. The number of alkyl halides is 3. The molecule has 0 spiro atoms. The Hall–Kier alpha value is -2.12. The molecule has 0 bridgehead atoms. The minimum atomic E-state index is -4.65. The first kappa shape index (κ1) is 13.3. The van der Waals surface area contributed by atoms with Crippen LogP contribution in [-0.2, 0) is 15.7 Å². The largest absolute Gasteiger partial charge is 0.469 e. The number of esters is 1. The lowest BCUT2D eigenvalue weighted by Crippen LogP contribution is -2.32. The van der Waals surface area contributed by atoms with E-state index in [0.717, 1.165) is 6.20 Å². The Bertz CT molecular complexity index is 541. The average Bonchev–Trinajstić information content (AvgIpc) is 2.66. The van der Waals surface area contributed by atoms with Gasteiger partial charge in [-0.3, -0.25) is 9.78 Å². The molecule has 2 heterocycles. The Kier molecular flexibility index (Phi) is 3.17. The summed E-state index contributed by atoms with van der Waals surface area (Å²) in [5.74, 6) is -2.00. The van der Waals surface area contributed by atoms with E-state index < -0.39 is 29.7 Å². The molecule has 1 unspecified atom stereocenters. The zero-order chi connectivity index (χ0) is 14.2. The standard InChI is InChI=1S/C11H8F3NO4/c1-2-18-10(17)9-8(16)5-4-15-7(11(12,13)14)3-6(5)19-9/h3-4,9H,2H2,1H3. The molecule has 1 atom stereocenters. The van der Waals surface area contributed by atoms with Crippen LogP contribution in [0.5, 0.6) is 5.75 Å². The van der Waals surface area contributed by atoms with E-state index in [1.807, 2.05) is 0 Å². The molecule has 0 amide bonds. The molecule has 19 heavy (non-hydrogen) atoms. The maximum absolute atomic E-state index is 12.4. The zero-order valence-corrected chi connectivity index (χ0v) is 9.65. The smallest absolute Gasteiger partial charge is 0.433 e. The summed E-state index contributed by atoms with van der Waals surface area (Å²) in [6.07, 6.45) is -5.45. The summed E-state index contributed by atoms with van der Waals surface area (Å²) in [4.78, 5) is 26.3. The highest BCUT2D eigenvalue weighted by Gasteiger charge is 2.42. The summed E-state index contributed by atoms with van der Waals surface area (Å²) in [6.45, 7) is 1.57. The van der Waals surface area contributed by atoms with E-state index in [1.54, 1.807) is 0 Å². The molecule has 0 saturated carbocycles. The Morgan fingerprint density at radius 1 is 1.53 bits per heavy atom. The lowest BCUT2D eigenvalue weighted by molar-refractivity contribution is -0.148. The summed E-state index contributed by atoms with van der Waals surface area (Å²) >= 11 is 0. The van der Waals surface area contributed by atoms with Crippen LogP contribution in [0, 0.1) is 0 Å². The molecule has 8 heteroatoms. The number of carbonyl (C=O) groups is 2. The van der Waals surface area contributed by atoms with Crippen LogP contribution < -0.4 is 4.74 Å². The summed E-state index contributed by atoms with van der Waals surface area (Å²) in [7, 11) is 0. The van der Waals surface area contributed by atoms with E-state index in [-0.39, 0.29) is 17.9 Å². The SMILES string of the molecule is CCOC(=O)C1Oc2cc(C(F)(F)F)ncc2C1=O. The number of ketones is 1. The number of carbonyl (C=O) groups excluding carboxylic acids is 2. The van der Waals surface area contributed by atoms with Crippen LogP contribution in [0.4, 0.5) is 13.2 Å². The third-order valence-electron chi connectivity index (χ3n) is 2.41. The molecule has 1 aromatic rings. The highest BCUT2D eigenvalue weighted by molar-refractivity contribution is 6.14. The molecule has 0 aromatic carbocycles. The first-order valence-electron chi connectivity index (χ1n) is 5.29. The van der Waals surface area contributed by atoms with Gasteiger partial charge in [0.05, 0.1) is 12.2 Å². The Balaban J connectivity index is 2.31. The Labute approximate surface area is 105 Å². The van der Waals surface area contributed by atoms with Gasteiger partial charge in [0.1, 0.15) is 11.4 Å². The van der Waals surface area contributed by atoms with Crippen LogP contribution in [0.15, 0.2) is 12.3 Å². The molecular weight excluding hydrogens is 267 g/mol. The second-order valence-corrected chi connectivity index (χ2v) is 3.68. The first-order chi connectivity index (χ1) is 8.84. The van der Waals surface area contributed by atoms with E-state index in [9.17, 15) is 22.8 Å². The lowest BCUT2D eigenvalue weighted by atomic mass is 10.1. The van der Waals surface area contributed by atoms with E-state index >= 15 is 0 Å². The second-order valence-electron chi connectivity index (χ2n) is 3.68. The van der Waals surface area contributed by atoms with Gasteiger partial charge in [-0.05, 0) is 6.92 Å². The van der Waals surface area contributed by atoms with Crippen LogP contribution in [0.1, 0.15) is 23.0 Å². The molecule has 1 aromatic heterocycles. The predicted molar refractivity (Wildman–Crippen MR) is 54.6 cm³/mol. The van der Waals surface area contributed by atoms with Gasteiger partial charge in [0.2, 0.25) is 5.78 Å². The summed E-state index contributed by atoms with van der Waals surface area (Å²) in [5, 5.41) is 0. The van der Waals surface area contributed by atoms with E-state index in [2.05, 4.69) is 9.72 Å². The molecule has 1 aliphatic rings. The van der Waals surface area contributed by atoms with Crippen molar-refractivity contribution in [2.45, 2.75) is 19.2 Å². The van der Waals surface area contributed by atoms with Crippen LogP contribution in [0.3, 0.4) is 0 Å². The Morgan fingerprint density at radius 2 is 2.21 bits per heavy atom. The fraction of sp³-hybridized carbons (Fsp3) is 0.364. The highest BCUT2D eigenvalue weighted by atomic mass is 19.4. The third kappa shape index (κ3) is 2.38. The molecule has 2 rings (SSSR count). The van der Waals surface area contributed by atoms with Crippen molar-refractivity contribution >= 4 is 11.8 Å². The molecule has 5 nitrogen and oxygen atoms in total. The number of Topliss-reactive ketones (excluding diaryl/α,β-unsaturated/α-hetero) is 1. The van der Waals surface area contributed by atoms with Crippen molar-refractivity contribution in [1.29, 1.82) is 0 Å². The minimum absolute atomic E-state index is 0.0361. The quantitative estimate of drug-likeness (QED) is 0.606. The normalized spacial score (nSPS) is 17.9. The Morgan fingerprint density at radius 3 is 2.79 bits per heavy atom. The topological polar surface area (TPSA) is 65.5 Å². The van der Waals surface area contributed by atoms with Crippen molar-refractivity contribution in [2.24, 2.45) is 0 Å². The van der Waals surface area contributed by atoms with Crippen molar-refractivity contribution in [3.8, 4) is 5.75 Å². The molecule has 0 fully saturated rings. The molecular formula is C11H8F3NO4. The van der Waals surface area contributed by atoms with Crippen LogP contribution >= 0.6 is 0 Å². The number of fused-ring (bicyclic) bond motifs is 1. The van der Waals surface area contributed by atoms with Gasteiger partial charge in [-0.25, -0.2) is 4.79 Å². The number of rotatable bonds is 2.